The molecule has 5 heteroatoms. The van der Waals surface area contributed by atoms with Crippen molar-refractivity contribution in [3.05, 3.63) is 5.82 Å². The fourth-order valence-electron chi connectivity index (χ4n) is 0.524. The van der Waals surface area contributed by atoms with Gasteiger partial charge >= 0.3 is 0 Å². The molecule has 3 nitrogen and oxygen atoms in total. The quantitative estimate of drug-likeness (QED) is 0.359. The van der Waals surface area contributed by atoms with Crippen molar-refractivity contribution in [2.24, 2.45) is 0 Å². The van der Waals surface area contributed by atoms with Crippen molar-refractivity contribution in [2.45, 2.75) is 6.92 Å². The second-order valence-corrected chi connectivity index (χ2v) is 1.60. The fourth-order valence-corrected chi connectivity index (χ4v) is 0.524. The Bertz CT molecular complexity index is 175. The molecule has 40 valence electrons. The van der Waals surface area contributed by atoms with Gasteiger partial charge in [-0.25, -0.2) is 15.0 Å². The summed E-state index contributed by atoms with van der Waals surface area (Å²) in [6, 6.07) is 0. The molecule has 0 spiro atoms. The van der Waals surface area contributed by atoms with E-state index in [1.165, 1.54) is 0 Å². The Morgan fingerprint density at radius 3 is 1.78 bits per heavy atom. The molecule has 0 fully saturated rings. The second kappa shape index (κ2) is 2.17. The van der Waals surface area contributed by atoms with Gasteiger partial charge in [-0.15, -0.1) is 0 Å². The highest BCUT2D eigenvalue weighted by Crippen LogP contribution is 1.70. The van der Waals surface area contributed by atoms with E-state index >= 15 is 0 Å². The fraction of sp³-hybridized carbons (Fsp3) is 0.250. The molecule has 0 N–H and O–H groups in total. The highest BCUT2D eigenvalue weighted by Gasteiger charge is 1.91. The van der Waals surface area contributed by atoms with Crippen molar-refractivity contribution in [1.29, 1.82) is 0 Å². The summed E-state index contributed by atoms with van der Waals surface area (Å²) in [7, 11) is 10.4. The molecule has 0 unspecified atom stereocenters. The first-order chi connectivity index (χ1) is 4.18. The average molecular weight is 115 g/mol. The van der Waals surface area contributed by atoms with Gasteiger partial charge < -0.3 is 0 Å². The zero-order valence-electron chi connectivity index (χ0n) is 5.00. The highest BCUT2D eigenvalue weighted by molar-refractivity contribution is 6.32. The van der Waals surface area contributed by atoms with Gasteiger partial charge in [-0.2, -0.15) is 0 Å². The van der Waals surface area contributed by atoms with Crippen LogP contribution in [0.25, 0.3) is 0 Å². The summed E-state index contributed by atoms with van der Waals surface area (Å²) in [6.45, 7) is 1.70. The lowest BCUT2D eigenvalue weighted by atomic mass is 10.1. The number of nitrogens with zero attached hydrogens (tertiary/aromatic N) is 3. The maximum atomic E-state index is 5.22. The molecule has 0 saturated heterocycles. The van der Waals surface area contributed by atoms with Gasteiger partial charge in [0, 0.05) is 0 Å². The molecule has 1 aromatic rings. The van der Waals surface area contributed by atoms with E-state index in [2.05, 4.69) is 15.0 Å². The van der Waals surface area contributed by atoms with Crippen LogP contribution in [-0.4, -0.2) is 30.6 Å². The van der Waals surface area contributed by atoms with Crippen LogP contribution in [0.2, 0.25) is 0 Å². The standard InChI is InChI=1S/C4H3B2N3/c1-2-7-3(5)9-4(6)8-2/h1H3. The minimum atomic E-state index is 0.167. The summed E-state index contributed by atoms with van der Waals surface area (Å²) in [5, 5.41) is 0. The number of aryl methyl sites for hydroxylation is 1. The van der Waals surface area contributed by atoms with Gasteiger partial charge in [-0.1, -0.05) is 0 Å². The third kappa shape index (κ3) is 1.52. The Morgan fingerprint density at radius 2 is 1.44 bits per heavy atom. The minimum absolute atomic E-state index is 0.167. The largest absolute Gasteiger partial charge is 0.243 e. The second-order valence-electron chi connectivity index (χ2n) is 1.60. The lowest BCUT2D eigenvalue weighted by Crippen LogP contribution is -2.27. The van der Waals surface area contributed by atoms with Gasteiger partial charge in [0.25, 0.3) is 0 Å². The smallest absolute Gasteiger partial charge is 0.170 e. The molecule has 1 rings (SSSR count). The van der Waals surface area contributed by atoms with E-state index in [9.17, 15) is 0 Å². The zero-order valence-corrected chi connectivity index (χ0v) is 5.00. The Morgan fingerprint density at radius 1 is 1.00 bits per heavy atom. The third-order valence-electron chi connectivity index (χ3n) is 0.782. The Kier molecular flexibility index (Phi) is 1.51. The number of hydrogen-bond donors (Lipinski definition) is 0. The number of hydrogen-bond acceptors (Lipinski definition) is 3. The number of aromatic nitrogens is 3. The van der Waals surface area contributed by atoms with Crippen LogP contribution in [0.1, 0.15) is 5.82 Å². The predicted octanol–water partition coefficient (Wildman–Crippen LogP) is -2.23. The van der Waals surface area contributed by atoms with Crippen LogP contribution in [0, 0.1) is 6.92 Å². The van der Waals surface area contributed by atoms with Crippen LogP contribution >= 0.6 is 0 Å². The van der Waals surface area contributed by atoms with E-state index in [0.29, 0.717) is 5.82 Å². The summed E-state index contributed by atoms with van der Waals surface area (Å²) in [5.41, 5.74) is 0.333. The first-order valence-electron chi connectivity index (χ1n) is 2.42. The maximum absolute atomic E-state index is 5.22. The van der Waals surface area contributed by atoms with Crippen LogP contribution in [0.5, 0.6) is 0 Å². The first-order valence-corrected chi connectivity index (χ1v) is 2.42. The lowest BCUT2D eigenvalue weighted by molar-refractivity contribution is 1.04. The van der Waals surface area contributed by atoms with Gasteiger partial charge in [-0.05, 0) is 6.92 Å². The van der Waals surface area contributed by atoms with E-state index in [4.69, 9.17) is 15.7 Å². The summed E-state index contributed by atoms with van der Waals surface area (Å²) in [4.78, 5) is 11.0. The van der Waals surface area contributed by atoms with E-state index < -0.39 is 0 Å². The van der Waals surface area contributed by atoms with Gasteiger partial charge in [0.2, 0.25) is 0 Å². The van der Waals surface area contributed by atoms with Crippen molar-refractivity contribution in [1.82, 2.24) is 15.0 Å². The van der Waals surface area contributed by atoms with Crippen molar-refractivity contribution in [3.63, 3.8) is 0 Å². The van der Waals surface area contributed by atoms with Gasteiger partial charge in [-0.3, -0.25) is 0 Å². The molecule has 0 atom stereocenters. The van der Waals surface area contributed by atoms with Crippen molar-refractivity contribution in [3.8, 4) is 0 Å². The van der Waals surface area contributed by atoms with Gasteiger partial charge in [0.1, 0.15) is 5.82 Å². The Hall–Kier alpha value is -0.860. The minimum Gasteiger partial charge on any atom is -0.243 e. The molecule has 0 amide bonds. The van der Waals surface area contributed by atoms with E-state index in [1.54, 1.807) is 6.92 Å². The highest BCUT2D eigenvalue weighted by atomic mass is 15.0. The first kappa shape index (κ1) is 6.26. The van der Waals surface area contributed by atoms with Gasteiger partial charge in [0.15, 0.2) is 15.7 Å². The summed E-state index contributed by atoms with van der Waals surface area (Å²) < 4.78 is 0. The van der Waals surface area contributed by atoms with E-state index in [-0.39, 0.29) is 11.4 Å². The SMILES string of the molecule is [B]c1nc([B])nc(C)n1. The molecule has 0 aliphatic carbocycles. The van der Waals surface area contributed by atoms with Crippen LogP contribution in [0.15, 0.2) is 0 Å². The molecule has 4 radical (unpaired) electrons. The van der Waals surface area contributed by atoms with Crippen molar-refractivity contribution in [2.75, 3.05) is 0 Å². The summed E-state index contributed by atoms with van der Waals surface area (Å²) in [6.07, 6.45) is 0. The number of rotatable bonds is 0. The molecule has 0 bridgehead atoms. The molecule has 0 aliphatic rings. The molecular formula is C4H3B2N3. The normalized spacial score (nSPS) is 9.44. The van der Waals surface area contributed by atoms with Crippen molar-refractivity contribution < 1.29 is 0 Å². The molecular weight excluding hydrogens is 112 g/mol. The van der Waals surface area contributed by atoms with Crippen molar-refractivity contribution >= 4 is 27.1 Å². The third-order valence-corrected chi connectivity index (χ3v) is 0.782. The van der Waals surface area contributed by atoms with Crippen LogP contribution in [0.4, 0.5) is 0 Å². The maximum Gasteiger partial charge on any atom is 0.170 e. The topological polar surface area (TPSA) is 38.7 Å². The van der Waals surface area contributed by atoms with E-state index in [1.807, 2.05) is 0 Å². The molecule has 9 heavy (non-hydrogen) atoms. The van der Waals surface area contributed by atoms with Crippen LogP contribution in [-0.2, 0) is 0 Å². The summed E-state index contributed by atoms with van der Waals surface area (Å²) >= 11 is 0. The predicted molar refractivity (Wildman–Crippen MR) is 35.3 cm³/mol. The van der Waals surface area contributed by atoms with Crippen LogP contribution in [0.3, 0.4) is 0 Å². The molecule has 0 aliphatic heterocycles. The molecule has 0 saturated carbocycles. The zero-order chi connectivity index (χ0) is 6.85. The molecule has 0 aromatic carbocycles. The molecule has 1 aromatic heterocycles. The lowest BCUT2D eigenvalue weighted by Gasteiger charge is -1.95. The van der Waals surface area contributed by atoms with Gasteiger partial charge in [0.05, 0.1) is 11.4 Å². The molecule has 1 heterocycles. The Labute approximate surface area is 55.8 Å². The van der Waals surface area contributed by atoms with Crippen LogP contribution < -0.4 is 11.4 Å². The average Bonchev–Trinajstić information content (AvgIpc) is 1.59. The summed E-state index contributed by atoms with van der Waals surface area (Å²) in [5.74, 6) is 0.542. The van der Waals surface area contributed by atoms with E-state index in [0.717, 1.165) is 0 Å². The monoisotopic (exact) mass is 115 g/mol. The Balaban J connectivity index is 3.17.